The summed E-state index contributed by atoms with van der Waals surface area (Å²) in [4.78, 5) is 20.8. The Kier molecular flexibility index (Phi) is 5.00. The molecule has 8 nitrogen and oxygen atoms in total. The number of aromatic nitrogens is 2. The number of carbonyl (C=O) groups excluding carboxylic acids is 1. The fraction of sp³-hybridized carbons (Fsp3) is 0.385. The van der Waals surface area contributed by atoms with E-state index in [1.807, 2.05) is 6.07 Å². The van der Waals surface area contributed by atoms with Crippen LogP contribution < -0.4 is 20.1 Å². The van der Waals surface area contributed by atoms with E-state index in [0.29, 0.717) is 41.6 Å². The number of hydrogen-bond donors (Lipinski definition) is 3. The Hall–Kier alpha value is -3.59. The number of hydrogen-bond acceptors (Lipinski definition) is 6. The molecule has 2 aliphatic heterocycles. The Morgan fingerprint density at radius 3 is 2.91 bits per heavy atom. The fourth-order valence-electron chi connectivity index (χ4n) is 4.90. The standard InChI is InChI=1S/C26H27FN4O4/c1-26(2)12-35-19(26)11-34-18-10-28-8-7-13(18)22-23(29-16-6-4-5-15(27)24(16)33-3)20-21(31-22)14-9-17(14)30-25(20)32/h4-8,10,14,17,19,29,31H,9,11-12H2,1-3H3,(H,30,32)/t14-,17+,19+/m1/s1. The smallest absolute Gasteiger partial charge is 0.255 e. The molecule has 35 heavy (non-hydrogen) atoms. The second-order valence-corrected chi connectivity index (χ2v) is 10.0. The molecule has 1 aliphatic carbocycles. The SMILES string of the molecule is COc1c(F)cccc1Nc1c(-c2ccncc2OC[C@@H]2OCC2(C)C)[nH]c2c1C(=O)N[C@H]1C[C@@H]21. The van der Waals surface area contributed by atoms with Gasteiger partial charge in [0.25, 0.3) is 5.91 Å². The molecule has 3 aromatic rings. The molecule has 0 spiro atoms. The highest BCUT2D eigenvalue weighted by atomic mass is 19.1. The van der Waals surface area contributed by atoms with Crippen LogP contribution in [0.15, 0.2) is 36.7 Å². The van der Waals surface area contributed by atoms with E-state index >= 15 is 0 Å². The maximum atomic E-state index is 14.4. The number of H-pyrrole nitrogens is 1. The second-order valence-electron chi connectivity index (χ2n) is 10.0. The Bertz CT molecular complexity index is 1320. The number of nitrogens with zero attached hydrogens (tertiary/aromatic N) is 1. The van der Waals surface area contributed by atoms with Crippen LogP contribution >= 0.6 is 0 Å². The molecule has 3 N–H and O–H groups in total. The van der Waals surface area contributed by atoms with Crippen molar-refractivity contribution in [3.05, 3.63) is 53.7 Å². The monoisotopic (exact) mass is 478 g/mol. The molecule has 3 aliphatic rings. The van der Waals surface area contributed by atoms with Gasteiger partial charge in [0.05, 0.1) is 48.6 Å². The van der Waals surface area contributed by atoms with Crippen LogP contribution in [-0.4, -0.2) is 48.3 Å². The average molecular weight is 479 g/mol. The zero-order chi connectivity index (χ0) is 24.3. The lowest BCUT2D eigenvalue weighted by molar-refractivity contribution is -0.180. The molecule has 4 heterocycles. The van der Waals surface area contributed by atoms with Gasteiger partial charge in [-0.05, 0) is 24.6 Å². The van der Waals surface area contributed by atoms with Crippen LogP contribution in [0.5, 0.6) is 11.5 Å². The normalized spacial score (nSPS) is 23.4. The average Bonchev–Trinajstić information content (AvgIpc) is 3.51. The van der Waals surface area contributed by atoms with Gasteiger partial charge in [0.1, 0.15) is 12.4 Å². The van der Waals surface area contributed by atoms with Crippen molar-refractivity contribution < 1.29 is 23.4 Å². The van der Waals surface area contributed by atoms with Crippen molar-refractivity contribution in [3.63, 3.8) is 0 Å². The number of ether oxygens (including phenoxy) is 3. The van der Waals surface area contributed by atoms with Crippen molar-refractivity contribution >= 4 is 17.3 Å². The molecule has 1 saturated heterocycles. The molecule has 9 heteroatoms. The quantitative estimate of drug-likeness (QED) is 0.467. The molecule has 1 saturated carbocycles. The first-order chi connectivity index (χ1) is 16.9. The topological polar surface area (TPSA) is 97.5 Å². The van der Waals surface area contributed by atoms with Gasteiger partial charge >= 0.3 is 0 Å². The van der Waals surface area contributed by atoms with E-state index in [-0.39, 0.29) is 35.1 Å². The molecule has 2 aromatic heterocycles. The summed E-state index contributed by atoms with van der Waals surface area (Å²) in [6.45, 7) is 5.38. The number of methoxy groups -OCH3 is 1. The van der Waals surface area contributed by atoms with Gasteiger partial charge < -0.3 is 29.8 Å². The predicted octanol–water partition coefficient (Wildman–Crippen LogP) is 4.37. The van der Waals surface area contributed by atoms with E-state index in [2.05, 4.69) is 34.4 Å². The van der Waals surface area contributed by atoms with Gasteiger partial charge in [-0.2, -0.15) is 0 Å². The summed E-state index contributed by atoms with van der Waals surface area (Å²) in [6.07, 6.45) is 4.21. The van der Waals surface area contributed by atoms with Crippen molar-refractivity contribution in [2.75, 3.05) is 25.6 Å². The van der Waals surface area contributed by atoms with Crippen molar-refractivity contribution in [2.24, 2.45) is 5.41 Å². The number of pyridine rings is 1. The minimum atomic E-state index is -0.494. The van der Waals surface area contributed by atoms with Crippen LogP contribution in [0.25, 0.3) is 11.3 Å². The number of rotatable bonds is 7. The highest BCUT2D eigenvalue weighted by molar-refractivity contribution is 6.07. The highest BCUT2D eigenvalue weighted by Gasteiger charge is 2.48. The first kappa shape index (κ1) is 21.9. The summed E-state index contributed by atoms with van der Waals surface area (Å²) in [5.74, 6) is 0.206. The van der Waals surface area contributed by atoms with Gasteiger partial charge in [-0.25, -0.2) is 4.39 Å². The maximum Gasteiger partial charge on any atom is 0.255 e. The number of carbonyl (C=O) groups is 1. The molecule has 0 radical (unpaired) electrons. The van der Waals surface area contributed by atoms with Crippen LogP contribution in [0, 0.1) is 11.2 Å². The molecule has 1 aromatic carbocycles. The number of anilines is 2. The lowest BCUT2D eigenvalue weighted by Crippen LogP contribution is -2.50. The van der Waals surface area contributed by atoms with Gasteiger partial charge in [0.15, 0.2) is 11.6 Å². The fourth-order valence-corrected chi connectivity index (χ4v) is 4.90. The largest absolute Gasteiger partial charge is 0.492 e. The molecule has 2 fully saturated rings. The first-order valence-electron chi connectivity index (χ1n) is 11.7. The third-order valence-corrected chi connectivity index (χ3v) is 7.14. The molecular weight excluding hydrogens is 451 g/mol. The van der Waals surface area contributed by atoms with Crippen LogP contribution in [0.2, 0.25) is 0 Å². The number of halogens is 1. The van der Waals surface area contributed by atoms with Gasteiger partial charge in [-0.1, -0.05) is 19.9 Å². The van der Waals surface area contributed by atoms with Gasteiger partial charge in [-0.3, -0.25) is 9.78 Å². The first-order valence-corrected chi connectivity index (χ1v) is 11.7. The van der Waals surface area contributed by atoms with Gasteiger partial charge in [-0.15, -0.1) is 0 Å². The van der Waals surface area contributed by atoms with Crippen LogP contribution in [0.1, 0.15) is 42.2 Å². The Morgan fingerprint density at radius 1 is 1.31 bits per heavy atom. The molecular formula is C26H27FN4O4. The summed E-state index contributed by atoms with van der Waals surface area (Å²) in [7, 11) is 1.41. The van der Waals surface area contributed by atoms with Crippen molar-refractivity contribution in [2.45, 2.75) is 38.3 Å². The molecule has 0 bridgehead atoms. The van der Waals surface area contributed by atoms with Crippen LogP contribution in [0.3, 0.4) is 0 Å². The van der Waals surface area contributed by atoms with E-state index in [9.17, 15) is 9.18 Å². The van der Waals surface area contributed by atoms with Crippen molar-refractivity contribution in [3.8, 4) is 22.8 Å². The van der Waals surface area contributed by atoms with Crippen LogP contribution in [-0.2, 0) is 4.74 Å². The Balaban J connectivity index is 1.43. The Morgan fingerprint density at radius 2 is 2.17 bits per heavy atom. The number of nitrogens with one attached hydrogen (secondary N) is 3. The van der Waals surface area contributed by atoms with Gasteiger partial charge in [0, 0.05) is 34.8 Å². The third-order valence-electron chi connectivity index (χ3n) is 7.14. The third kappa shape index (κ3) is 3.61. The van der Waals surface area contributed by atoms with Crippen LogP contribution in [0.4, 0.5) is 15.8 Å². The maximum absolute atomic E-state index is 14.4. The minimum absolute atomic E-state index is 0.0143. The van der Waals surface area contributed by atoms with E-state index in [1.165, 1.54) is 13.2 Å². The summed E-state index contributed by atoms with van der Waals surface area (Å²) >= 11 is 0. The zero-order valence-electron chi connectivity index (χ0n) is 19.8. The Labute approximate surface area is 202 Å². The molecule has 0 unspecified atom stereocenters. The molecule has 3 atom stereocenters. The van der Waals surface area contributed by atoms with Crippen molar-refractivity contribution in [1.29, 1.82) is 0 Å². The van der Waals surface area contributed by atoms with E-state index in [1.54, 1.807) is 24.5 Å². The van der Waals surface area contributed by atoms with E-state index < -0.39 is 5.82 Å². The van der Waals surface area contributed by atoms with E-state index in [0.717, 1.165) is 17.7 Å². The predicted molar refractivity (Wildman–Crippen MR) is 128 cm³/mol. The van der Waals surface area contributed by atoms with E-state index in [4.69, 9.17) is 14.2 Å². The van der Waals surface area contributed by atoms with Gasteiger partial charge in [0.2, 0.25) is 0 Å². The molecule has 6 rings (SSSR count). The number of fused-ring (bicyclic) bond motifs is 3. The highest BCUT2D eigenvalue weighted by Crippen LogP contribution is 2.51. The summed E-state index contributed by atoms with van der Waals surface area (Å²) < 4.78 is 31.6. The lowest BCUT2D eigenvalue weighted by atomic mass is 9.83. The number of amides is 1. The zero-order valence-corrected chi connectivity index (χ0v) is 19.8. The second kappa shape index (κ2) is 7.98. The minimum Gasteiger partial charge on any atom is -0.492 e. The van der Waals surface area contributed by atoms with Crippen molar-refractivity contribution in [1.82, 2.24) is 15.3 Å². The summed E-state index contributed by atoms with van der Waals surface area (Å²) in [5, 5.41) is 6.33. The lowest BCUT2D eigenvalue weighted by Gasteiger charge is -2.43. The summed E-state index contributed by atoms with van der Waals surface area (Å²) in [5.41, 5.74) is 3.83. The number of benzene rings is 1. The molecule has 182 valence electrons. The summed E-state index contributed by atoms with van der Waals surface area (Å²) in [6, 6.07) is 6.63. The number of para-hydroxylation sites is 1. The number of aromatic amines is 1. The molecule has 1 amide bonds.